The number of thiophene rings is 1. The SMILES string of the molecule is Clc1nc2c(nc1-c1ccccc1)sc1cc(-c3ccccn3)ccc12. The molecule has 0 saturated carbocycles. The molecule has 0 radical (unpaired) electrons. The van der Waals surface area contributed by atoms with Gasteiger partial charge in [-0.15, -0.1) is 11.3 Å². The van der Waals surface area contributed by atoms with Gasteiger partial charge in [0.15, 0.2) is 5.15 Å². The lowest BCUT2D eigenvalue weighted by atomic mass is 10.1. The molecule has 0 aliphatic rings. The fourth-order valence-corrected chi connectivity index (χ4v) is 4.32. The molecule has 3 heterocycles. The van der Waals surface area contributed by atoms with Gasteiger partial charge in [-0.2, -0.15) is 0 Å². The van der Waals surface area contributed by atoms with Crippen molar-refractivity contribution in [2.45, 2.75) is 0 Å². The summed E-state index contributed by atoms with van der Waals surface area (Å²) >= 11 is 8.07. The Kier molecular flexibility index (Phi) is 3.66. The Morgan fingerprint density at radius 2 is 1.65 bits per heavy atom. The van der Waals surface area contributed by atoms with Crippen LogP contribution in [0, 0.1) is 0 Å². The zero-order valence-corrected chi connectivity index (χ0v) is 15.1. The maximum atomic E-state index is 6.44. The minimum absolute atomic E-state index is 0.428. The van der Waals surface area contributed by atoms with Gasteiger partial charge >= 0.3 is 0 Å². The molecular formula is C21H12ClN3S. The summed E-state index contributed by atoms with van der Waals surface area (Å²) in [6.45, 7) is 0. The van der Waals surface area contributed by atoms with Crippen molar-refractivity contribution in [1.82, 2.24) is 15.0 Å². The number of nitrogens with zero attached hydrogens (tertiary/aromatic N) is 3. The molecule has 26 heavy (non-hydrogen) atoms. The Morgan fingerprint density at radius 1 is 0.808 bits per heavy atom. The number of rotatable bonds is 2. The van der Waals surface area contributed by atoms with E-state index in [0.29, 0.717) is 5.15 Å². The quantitative estimate of drug-likeness (QED) is 0.368. The minimum atomic E-state index is 0.428. The number of fused-ring (bicyclic) bond motifs is 3. The van der Waals surface area contributed by atoms with Crippen LogP contribution in [0.2, 0.25) is 5.15 Å². The van der Waals surface area contributed by atoms with Gasteiger partial charge in [-0.1, -0.05) is 60.1 Å². The van der Waals surface area contributed by atoms with Gasteiger partial charge in [0.05, 0.1) is 5.69 Å². The van der Waals surface area contributed by atoms with Gasteiger partial charge in [-0.25, -0.2) is 9.97 Å². The first-order chi connectivity index (χ1) is 12.8. The van der Waals surface area contributed by atoms with Gasteiger partial charge < -0.3 is 0 Å². The number of halogens is 1. The van der Waals surface area contributed by atoms with E-state index in [9.17, 15) is 0 Å². The molecule has 0 atom stereocenters. The van der Waals surface area contributed by atoms with Crippen LogP contribution in [-0.2, 0) is 0 Å². The second kappa shape index (κ2) is 6.16. The fourth-order valence-electron chi connectivity index (χ4n) is 3.03. The van der Waals surface area contributed by atoms with Gasteiger partial charge in [0.25, 0.3) is 0 Å². The van der Waals surface area contributed by atoms with Crippen LogP contribution < -0.4 is 0 Å². The molecule has 0 spiro atoms. The van der Waals surface area contributed by atoms with Crippen molar-refractivity contribution in [3.63, 3.8) is 0 Å². The highest BCUT2D eigenvalue weighted by molar-refractivity contribution is 7.25. The van der Waals surface area contributed by atoms with Gasteiger partial charge in [0, 0.05) is 27.4 Å². The number of pyridine rings is 1. The van der Waals surface area contributed by atoms with Crippen molar-refractivity contribution in [2.75, 3.05) is 0 Å². The minimum Gasteiger partial charge on any atom is -0.256 e. The van der Waals surface area contributed by atoms with Crippen molar-refractivity contribution in [3.05, 3.63) is 78.1 Å². The zero-order valence-electron chi connectivity index (χ0n) is 13.6. The normalized spacial score (nSPS) is 11.3. The first-order valence-corrected chi connectivity index (χ1v) is 9.36. The van der Waals surface area contributed by atoms with E-state index in [4.69, 9.17) is 16.6 Å². The van der Waals surface area contributed by atoms with Crippen molar-refractivity contribution < 1.29 is 0 Å². The summed E-state index contributed by atoms with van der Waals surface area (Å²) in [4.78, 5) is 14.8. The molecule has 3 aromatic heterocycles. The Hall–Kier alpha value is -2.82. The molecular weight excluding hydrogens is 362 g/mol. The smallest absolute Gasteiger partial charge is 0.156 e. The lowest BCUT2D eigenvalue weighted by Crippen LogP contribution is -1.88. The topological polar surface area (TPSA) is 38.7 Å². The first kappa shape index (κ1) is 15.4. The Labute approximate surface area is 159 Å². The molecule has 0 aliphatic heterocycles. The molecule has 3 nitrogen and oxygen atoms in total. The van der Waals surface area contributed by atoms with E-state index in [0.717, 1.165) is 42.9 Å². The summed E-state index contributed by atoms with van der Waals surface area (Å²) in [5, 5.41) is 1.50. The van der Waals surface area contributed by atoms with E-state index in [1.807, 2.05) is 48.5 Å². The van der Waals surface area contributed by atoms with Crippen molar-refractivity contribution >= 4 is 43.4 Å². The van der Waals surface area contributed by atoms with Gasteiger partial charge in [-0.05, 0) is 18.2 Å². The molecule has 0 amide bonds. The third kappa shape index (κ3) is 2.55. The van der Waals surface area contributed by atoms with Crippen LogP contribution in [0.1, 0.15) is 0 Å². The van der Waals surface area contributed by atoms with Crippen LogP contribution in [0.3, 0.4) is 0 Å². The maximum absolute atomic E-state index is 6.44. The predicted molar refractivity (Wildman–Crippen MR) is 109 cm³/mol. The number of hydrogen-bond donors (Lipinski definition) is 0. The van der Waals surface area contributed by atoms with E-state index < -0.39 is 0 Å². The highest BCUT2D eigenvalue weighted by Gasteiger charge is 2.14. The Balaban J connectivity index is 1.71. The number of aromatic nitrogens is 3. The Bertz CT molecular complexity index is 1230. The fraction of sp³-hybridized carbons (Fsp3) is 0. The zero-order chi connectivity index (χ0) is 17.5. The third-order valence-corrected chi connectivity index (χ3v) is 5.57. The molecule has 0 saturated heterocycles. The van der Waals surface area contributed by atoms with Crippen LogP contribution in [0.4, 0.5) is 0 Å². The van der Waals surface area contributed by atoms with Crippen LogP contribution in [0.15, 0.2) is 72.9 Å². The molecule has 0 unspecified atom stereocenters. The summed E-state index contributed by atoms with van der Waals surface area (Å²) in [5.74, 6) is 0. The van der Waals surface area contributed by atoms with Crippen LogP contribution in [0.25, 0.3) is 42.9 Å². The second-order valence-corrected chi connectivity index (χ2v) is 7.30. The number of hydrogen-bond acceptors (Lipinski definition) is 4. The average molecular weight is 374 g/mol. The molecule has 0 aliphatic carbocycles. The monoisotopic (exact) mass is 373 g/mol. The van der Waals surface area contributed by atoms with E-state index >= 15 is 0 Å². The summed E-state index contributed by atoms with van der Waals surface area (Å²) in [5.41, 5.74) is 4.58. The molecule has 2 aromatic carbocycles. The van der Waals surface area contributed by atoms with Crippen LogP contribution in [-0.4, -0.2) is 15.0 Å². The lowest BCUT2D eigenvalue weighted by molar-refractivity contribution is 1.32. The van der Waals surface area contributed by atoms with Gasteiger partial charge in [0.1, 0.15) is 16.0 Å². The second-order valence-electron chi connectivity index (χ2n) is 5.91. The van der Waals surface area contributed by atoms with E-state index in [-0.39, 0.29) is 0 Å². The highest BCUT2D eigenvalue weighted by Crippen LogP contribution is 2.37. The summed E-state index contributed by atoms with van der Waals surface area (Å²) in [6, 6.07) is 22.1. The van der Waals surface area contributed by atoms with Crippen molar-refractivity contribution in [2.24, 2.45) is 0 Å². The molecule has 0 N–H and O–H groups in total. The third-order valence-electron chi connectivity index (χ3n) is 4.27. The number of benzene rings is 2. The molecule has 124 valence electrons. The van der Waals surface area contributed by atoms with Crippen molar-refractivity contribution in [1.29, 1.82) is 0 Å². The largest absolute Gasteiger partial charge is 0.256 e. The van der Waals surface area contributed by atoms with Crippen molar-refractivity contribution in [3.8, 4) is 22.5 Å². The first-order valence-electron chi connectivity index (χ1n) is 8.16. The van der Waals surface area contributed by atoms with Gasteiger partial charge in [0.2, 0.25) is 0 Å². The van der Waals surface area contributed by atoms with Gasteiger partial charge in [-0.3, -0.25) is 4.98 Å². The molecule has 0 fully saturated rings. The maximum Gasteiger partial charge on any atom is 0.156 e. The summed E-state index contributed by atoms with van der Waals surface area (Å²) in [7, 11) is 0. The van der Waals surface area contributed by atoms with Crippen LogP contribution in [0.5, 0.6) is 0 Å². The standard InChI is InChI=1S/C21H12ClN3S/c22-20-18(13-6-2-1-3-7-13)25-21-19(24-20)15-10-9-14(12-17(15)26-21)16-8-4-5-11-23-16/h1-12H. The summed E-state index contributed by atoms with van der Waals surface area (Å²) in [6.07, 6.45) is 1.81. The lowest BCUT2D eigenvalue weighted by Gasteiger charge is -2.03. The summed E-state index contributed by atoms with van der Waals surface area (Å²) < 4.78 is 1.13. The van der Waals surface area contributed by atoms with E-state index in [1.165, 1.54) is 0 Å². The van der Waals surface area contributed by atoms with E-state index in [1.54, 1.807) is 17.5 Å². The predicted octanol–water partition coefficient (Wildman–Crippen LogP) is 6.23. The Morgan fingerprint density at radius 3 is 2.46 bits per heavy atom. The highest BCUT2D eigenvalue weighted by atomic mass is 35.5. The molecule has 5 aromatic rings. The van der Waals surface area contributed by atoms with E-state index in [2.05, 4.69) is 28.2 Å². The average Bonchev–Trinajstić information content (AvgIpc) is 3.05. The molecule has 0 bridgehead atoms. The molecule has 5 heteroatoms. The molecule has 5 rings (SSSR count). The van der Waals surface area contributed by atoms with Crippen LogP contribution >= 0.6 is 22.9 Å².